The molecule has 11 aromatic carbocycles. The van der Waals surface area contributed by atoms with E-state index in [1.54, 1.807) is 0 Å². The second kappa shape index (κ2) is 13.9. The van der Waals surface area contributed by atoms with Crippen LogP contribution in [0, 0.1) is 0 Å². The number of para-hydroxylation sites is 2. The van der Waals surface area contributed by atoms with E-state index in [2.05, 4.69) is 240 Å². The average molecular weight is 763 g/mol. The van der Waals surface area contributed by atoms with E-state index in [4.69, 9.17) is 0 Å². The van der Waals surface area contributed by atoms with Crippen LogP contribution < -0.4 is 4.90 Å². The summed E-state index contributed by atoms with van der Waals surface area (Å²) in [5.74, 6) is 0. The summed E-state index contributed by atoms with van der Waals surface area (Å²) in [7, 11) is 0. The third kappa shape index (κ3) is 5.50. The Morgan fingerprint density at radius 1 is 0.300 bits per heavy atom. The summed E-state index contributed by atoms with van der Waals surface area (Å²) in [6.45, 7) is 0. The first-order valence-corrected chi connectivity index (χ1v) is 20.7. The predicted octanol–water partition coefficient (Wildman–Crippen LogP) is 16.2. The van der Waals surface area contributed by atoms with Gasteiger partial charge in [-0.05, 0) is 121 Å². The summed E-state index contributed by atoms with van der Waals surface area (Å²) in [6, 6.07) is 84.3. The van der Waals surface area contributed by atoms with Crippen LogP contribution in [0.2, 0.25) is 0 Å². The van der Waals surface area contributed by atoms with Crippen molar-refractivity contribution in [2.45, 2.75) is 0 Å². The molecule has 12 rings (SSSR count). The van der Waals surface area contributed by atoms with Gasteiger partial charge in [0.25, 0.3) is 0 Å². The minimum atomic E-state index is 1.10. The largest absolute Gasteiger partial charge is 0.310 e. The van der Waals surface area contributed by atoms with Gasteiger partial charge in [0.15, 0.2) is 0 Å². The highest BCUT2D eigenvalue weighted by molar-refractivity contribution is 6.23. The molecule has 0 fully saturated rings. The number of anilines is 3. The van der Waals surface area contributed by atoms with Crippen molar-refractivity contribution in [1.82, 2.24) is 4.57 Å². The summed E-state index contributed by atoms with van der Waals surface area (Å²) in [4.78, 5) is 2.41. The van der Waals surface area contributed by atoms with E-state index in [0.29, 0.717) is 0 Å². The minimum absolute atomic E-state index is 1.10. The standard InChI is InChI=1S/C58H38N2/c1-3-15-39(16-4-1)53-38-47(60-55-26-14-13-24-51(55)54-35-42-18-7-8-19-43(42)36-57(54)60)33-34-48(53)41-29-31-46(32-30-41)59(45-20-5-2-6-21-45)56-37-44-28-27-40-17-9-10-22-49(40)58(44)52-25-12-11-23-50(52)56/h1-38H. The number of hydrogen-bond acceptors (Lipinski definition) is 1. The summed E-state index contributed by atoms with van der Waals surface area (Å²) >= 11 is 0. The highest BCUT2D eigenvalue weighted by atomic mass is 15.1. The maximum absolute atomic E-state index is 2.44. The topological polar surface area (TPSA) is 8.17 Å². The van der Waals surface area contributed by atoms with E-state index in [0.717, 1.165) is 22.7 Å². The first-order chi connectivity index (χ1) is 29.8. The molecule has 2 heteroatoms. The average Bonchev–Trinajstić information content (AvgIpc) is 3.64. The number of rotatable bonds is 6. The van der Waals surface area contributed by atoms with Crippen molar-refractivity contribution < 1.29 is 0 Å². The molecule has 60 heavy (non-hydrogen) atoms. The number of hydrogen-bond donors (Lipinski definition) is 0. The minimum Gasteiger partial charge on any atom is -0.310 e. The van der Waals surface area contributed by atoms with Crippen molar-refractivity contribution in [2.75, 3.05) is 4.90 Å². The molecule has 0 bridgehead atoms. The zero-order valence-corrected chi connectivity index (χ0v) is 32.8. The molecule has 12 aromatic rings. The molecule has 0 amide bonds. The first kappa shape index (κ1) is 34.1. The van der Waals surface area contributed by atoms with Gasteiger partial charge in [-0.15, -0.1) is 0 Å². The van der Waals surface area contributed by atoms with Gasteiger partial charge in [0.05, 0.1) is 16.7 Å². The lowest BCUT2D eigenvalue weighted by molar-refractivity contribution is 1.18. The molecule has 0 spiro atoms. The molecular formula is C58H38N2. The Hall–Kier alpha value is -7.94. The van der Waals surface area contributed by atoms with E-state index < -0.39 is 0 Å². The van der Waals surface area contributed by atoms with E-state index in [9.17, 15) is 0 Å². The third-order valence-electron chi connectivity index (χ3n) is 12.3. The van der Waals surface area contributed by atoms with Crippen LogP contribution in [0.15, 0.2) is 231 Å². The molecule has 0 atom stereocenters. The van der Waals surface area contributed by atoms with Crippen molar-refractivity contribution in [2.24, 2.45) is 0 Å². The molecule has 280 valence electrons. The molecule has 0 aliphatic heterocycles. The normalized spacial score (nSPS) is 11.7. The van der Waals surface area contributed by atoms with E-state index in [1.807, 2.05) is 0 Å². The molecule has 1 aromatic heterocycles. The molecule has 0 saturated heterocycles. The zero-order valence-electron chi connectivity index (χ0n) is 32.8. The summed E-state index contributed by atoms with van der Waals surface area (Å²) in [5.41, 5.74) is 11.7. The van der Waals surface area contributed by atoms with Crippen LogP contribution in [-0.2, 0) is 0 Å². The number of fused-ring (bicyclic) bond motifs is 9. The van der Waals surface area contributed by atoms with Crippen LogP contribution in [0.3, 0.4) is 0 Å². The fraction of sp³-hybridized carbons (Fsp3) is 0. The number of benzene rings is 11. The van der Waals surface area contributed by atoms with Gasteiger partial charge in [-0.1, -0.05) is 170 Å². The highest BCUT2D eigenvalue weighted by Crippen LogP contribution is 2.45. The number of aromatic nitrogens is 1. The SMILES string of the molecule is c1ccc(-c2cc(-n3c4ccccc4c4cc5ccccc5cc43)ccc2-c2ccc(N(c3ccccc3)c3cc4ccc5ccccc5c4c4ccccc34)cc2)cc1. The van der Waals surface area contributed by atoms with Gasteiger partial charge in [-0.25, -0.2) is 0 Å². The fourth-order valence-electron chi connectivity index (χ4n) is 9.55. The van der Waals surface area contributed by atoms with Gasteiger partial charge in [-0.2, -0.15) is 0 Å². The Bertz CT molecular complexity index is 3580. The highest BCUT2D eigenvalue weighted by Gasteiger charge is 2.20. The molecule has 0 N–H and O–H groups in total. The van der Waals surface area contributed by atoms with Gasteiger partial charge in [-0.3, -0.25) is 0 Å². The first-order valence-electron chi connectivity index (χ1n) is 20.7. The molecule has 0 aliphatic rings. The molecule has 2 nitrogen and oxygen atoms in total. The molecule has 1 heterocycles. The van der Waals surface area contributed by atoms with Crippen LogP contribution in [0.1, 0.15) is 0 Å². The van der Waals surface area contributed by atoms with Crippen molar-refractivity contribution in [3.8, 4) is 27.9 Å². The van der Waals surface area contributed by atoms with Gasteiger partial charge in [0.2, 0.25) is 0 Å². The summed E-state index contributed by atoms with van der Waals surface area (Å²) < 4.78 is 2.44. The van der Waals surface area contributed by atoms with Gasteiger partial charge < -0.3 is 9.47 Å². The smallest absolute Gasteiger partial charge is 0.0547 e. The maximum atomic E-state index is 2.44. The Kier molecular flexibility index (Phi) is 7.89. The Morgan fingerprint density at radius 2 is 0.883 bits per heavy atom. The Labute approximate surface area is 348 Å². The van der Waals surface area contributed by atoms with Gasteiger partial charge >= 0.3 is 0 Å². The lowest BCUT2D eigenvalue weighted by Gasteiger charge is -2.28. The second-order valence-electron chi connectivity index (χ2n) is 15.7. The quantitative estimate of drug-likeness (QED) is 0.153. The van der Waals surface area contributed by atoms with Crippen molar-refractivity contribution in [3.63, 3.8) is 0 Å². The van der Waals surface area contributed by atoms with Crippen molar-refractivity contribution in [1.29, 1.82) is 0 Å². The number of nitrogens with zero attached hydrogens (tertiary/aromatic N) is 2. The maximum Gasteiger partial charge on any atom is 0.0547 e. The van der Waals surface area contributed by atoms with Crippen molar-refractivity contribution >= 4 is 82.0 Å². The van der Waals surface area contributed by atoms with Gasteiger partial charge in [0, 0.05) is 33.2 Å². The molecule has 0 aliphatic carbocycles. The zero-order chi connectivity index (χ0) is 39.6. The summed E-state index contributed by atoms with van der Waals surface area (Å²) in [6.07, 6.45) is 0. The van der Waals surface area contributed by atoms with E-state index in [1.165, 1.54) is 87.1 Å². The van der Waals surface area contributed by atoms with E-state index >= 15 is 0 Å². The van der Waals surface area contributed by atoms with Crippen LogP contribution >= 0.6 is 0 Å². The fourth-order valence-corrected chi connectivity index (χ4v) is 9.55. The molecular weight excluding hydrogens is 725 g/mol. The molecule has 0 unspecified atom stereocenters. The second-order valence-corrected chi connectivity index (χ2v) is 15.7. The molecule has 0 radical (unpaired) electrons. The summed E-state index contributed by atoms with van der Waals surface area (Å²) in [5, 5.41) is 12.5. The van der Waals surface area contributed by atoms with Crippen LogP contribution in [0.25, 0.3) is 92.8 Å². The van der Waals surface area contributed by atoms with Crippen LogP contribution in [-0.4, -0.2) is 4.57 Å². The van der Waals surface area contributed by atoms with Crippen molar-refractivity contribution in [3.05, 3.63) is 231 Å². The van der Waals surface area contributed by atoms with Crippen LogP contribution in [0.4, 0.5) is 17.1 Å². The Morgan fingerprint density at radius 3 is 1.67 bits per heavy atom. The van der Waals surface area contributed by atoms with E-state index in [-0.39, 0.29) is 0 Å². The molecule has 0 saturated carbocycles. The lowest BCUT2D eigenvalue weighted by Crippen LogP contribution is -2.10. The van der Waals surface area contributed by atoms with Crippen LogP contribution in [0.5, 0.6) is 0 Å². The van der Waals surface area contributed by atoms with Gasteiger partial charge in [0.1, 0.15) is 0 Å². The third-order valence-corrected chi connectivity index (χ3v) is 12.3. The Balaban J connectivity index is 1.02. The monoisotopic (exact) mass is 762 g/mol. The lowest BCUT2D eigenvalue weighted by atomic mass is 9.93. The predicted molar refractivity (Wildman–Crippen MR) is 256 cm³/mol.